The first-order valence-corrected chi connectivity index (χ1v) is 4.85. The third-order valence-electron chi connectivity index (χ3n) is 2.33. The van der Waals surface area contributed by atoms with E-state index in [0.29, 0.717) is 6.42 Å². The molecule has 2 aliphatic rings. The summed E-state index contributed by atoms with van der Waals surface area (Å²) in [6.07, 6.45) is 8.18. The Hall–Kier alpha value is -0.760. The molecule has 1 aliphatic heterocycles. The van der Waals surface area contributed by atoms with E-state index in [-0.39, 0.29) is 5.91 Å². The van der Waals surface area contributed by atoms with Gasteiger partial charge in [0.2, 0.25) is 5.91 Å². The van der Waals surface area contributed by atoms with Crippen LogP contribution in [0.15, 0.2) is 22.9 Å². The molecule has 0 saturated carbocycles. The van der Waals surface area contributed by atoms with Crippen LogP contribution in [-0.2, 0) is 4.79 Å². The van der Waals surface area contributed by atoms with Gasteiger partial charge in [-0.1, -0.05) is 11.6 Å². The van der Waals surface area contributed by atoms with Gasteiger partial charge in [0.25, 0.3) is 0 Å². The van der Waals surface area contributed by atoms with E-state index in [0.717, 1.165) is 30.1 Å². The Morgan fingerprint density at radius 3 is 2.77 bits per heavy atom. The second-order valence-electron chi connectivity index (χ2n) is 3.26. The number of allylic oxidation sites excluding steroid dienone is 4. The largest absolute Gasteiger partial charge is 0.316 e. The maximum Gasteiger partial charge on any atom is 0.226 e. The van der Waals surface area contributed by atoms with Gasteiger partial charge in [-0.25, -0.2) is 0 Å². The smallest absolute Gasteiger partial charge is 0.226 e. The zero-order valence-corrected chi connectivity index (χ0v) is 8.05. The minimum atomic E-state index is 0.230. The van der Waals surface area contributed by atoms with Gasteiger partial charge in [0, 0.05) is 30.1 Å². The Bertz CT molecular complexity index is 293. The molecule has 69 valence electrons. The Morgan fingerprint density at radius 2 is 2.23 bits per heavy atom. The van der Waals surface area contributed by atoms with Crippen LogP contribution < -0.4 is 0 Å². The fourth-order valence-electron chi connectivity index (χ4n) is 1.64. The standard InChI is InChI=1S/C10H11ClNO/c11-8-3-5-9(6-4-8)12-7-1-2-10(12)13/h3,5-6H,1-2,4,7H2. The van der Waals surface area contributed by atoms with Crippen molar-refractivity contribution < 1.29 is 4.79 Å². The van der Waals surface area contributed by atoms with E-state index < -0.39 is 0 Å². The third-order valence-corrected chi connectivity index (χ3v) is 2.61. The van der Waals surface area contributed by atoms with Crippen molar-refractivity contribution in [3.05, 3.63) is 29.3 Å². The number of halogens is 1. The monoisotopic (exact) mass is 196 g/mol. The van der Waals surface area contributed by atoms with E-state index in [1.54, 1.807) is 0 Å². The Morgan fingerprint density at radius 1 is 1.38 bits per heavy atom. The van der Waals surface area contributed by atoms with Crippen LogP contribution in [0, 0.1) is 6.42 Å². The van der Waals surface area contributed by atoms with Gasteiger partial charge in [-0.15, -0.1) is 0 Å². The number of nitrogens with zero attached hydrogens (tertiary/aromatic N) is 1. The maximum atomic E-state index is 11.4. The molecule has 0 aromatic heterocycles. The van der Waals surface area contributed by atoms with Crippen LogP contribution in [0.1, 0.15) is 19.3 Å². The molecule has 1 saturated heterocycles. The highest BCUT2D eigenvalue weighted by atomic mass is 35.5. The Kier molecular flexibility index (Phi) is 2.40. The summed E-state index contributed by atoms with van der Waals surface area (Å²) in [5, 5.41) is 0.829. The van der Waals surface area contributed by atoms with Gasteiger partial charge >= 0.3 is 0 Å². The van der Waals surface area contributed by atoms with Crippen molar-refractivity contribution in [3.63, 3.8) is 0 Å². The molecule has 0 bridgehead atoms. The van der Waals surface area contributed by atoms with E-state index in [1.165, 1.54) is 0 Å². The summed E-state index contributed by atoms with van der Waals surface area (Å²) < 4.78 is 0. The molecule has 0 spiro atoms. The van der Waals surface area contributed by atoms with Gasteiger partial charge in [0.05, 0.1) is 0 Å². The molecule has 0 aromatic carbocycles. The molecule has 1 aliphatic carbocycles. The lowest BCUT2D eigenvalue weighted by molar-refractivity contribution is -0.125. The van der Waals surface area contributed by atoms with Gasteiger partial charge in [0.15, 0.2) is 0 Å². The predicted octanol–water partition coefficient (Wildman–Crippen LogP) is 2.22. The van der Waals surface area contributed by atoms with Gasteiger partial charge in [-0.3, -0.25) is 4.79 Å². The number of carbonyl (C=O) groups excluding carboxylic acids is 1. The van der Waals surface area contributed by atoms with Crippen molar-refractivity contribution in [1.29, 1.82) is 0 Å². The fraction of sp³-hybridized carbons (Fsp3) is 0.400. The van der Waals surface area contributed by atoms with Crippen LogP contribution in [0.5, 0.6) is 0 Å². The maximum absolute atomic E-state index is 11.4. The number of hydrogen-bond acceptors (Lipinski definition) is 1. The number of likely N-dealkylation sites (tertiary alicyclic amines) is 1. The first kappa shape index (κ1) is 8.82. The van der Waals surface area contributed by atoms with E-state index in [2.05, 4.69) is 0 Å². The van der Waals surface area contributed by atoms with Crippen molar-refractivity contribution >= 4 is 17.5 Å². The second kappa shape index (κ2) is 3.54. The van der Waals surface area contributed by atoms with E-state index in [4.69, 9.17) is 11.6 Å². The predicted molar refractivity (Wildman–Crippen MR) is 51.9 cm³/mol. The van der Waals surface area contributed by atoms with E-state index in [9.17, 15) is 4.79 Å². The highest BCUT2D eigenvalue weighted by Gasteiger charge is 2.24. The summed E-state index contributed by atoms with van der Waals surface area (Å²) in [5.74, 6) is 0.230. The molecule has 13 heavy (non-hydrogen) atoms. The second-order valence-corrected chi connectivity index (χ2v) is 3.75. The molecular weight excluding hydrogens is 186 g/mol. The lowest BCUT2D eigenvalue weighted by Gasteiger charge is -2.21. The van der Waals surface area contributed by atoms with Crippen molar-refractivity contribution in [2.45, 2.75) is 19.3 Å². The Labute approximate surface area is 82.9 Å². The van der Waals surface area contributed by atoms with Crippen LogP contribution >= 0.6 is 11.6 Å². The minimum absolute atomic E-state index is 0.230. The van der Waals surface area contributed by atoms with Crippen LogP contribution in [0.4, 0.5) is 0 Å². The zero-order chi connectivity index (χ0) is 9.26. The van der Waals surface area contributed by atoms with Crippen LogP contribution in [-0.4, -0.2) is 17.4 Å². The van der Waals surface area contributed by atoms with Gasteiger partial charge < -0.3 is 4.90 Å². The summed E-state index contributed by atoms with van der Waals surface area (Å²) in [6.45, 7) is 0.854. The zero-order valence-electron chi connectivity index (χ0n) is 7.29. The summed E-state index contributed by atoms with van der Waals surface area (Å²) in [6, 6.07) is 0. The molecular formula is C10H11ClNO. The summed E-state index contributed by atoms with van der Waals surface area (Å²) in [5.41, 5.74) is 1.01. The molecule has 2 rings (SSSR count). The number of carbonyl (C=O) groups is 1. The topological polar surface area (TPSA) is 20.3 Å². The molecule has 0 atom stereocenters. The molecule has 1 heterocycles. The average molecular weight is 197 g/mol. The highest BCUT2D eigenvalue weighted by molar-refractivity contribution is 6.29. The van der Waals surface area contributed by atoms with Gasteiger partial charge in [0.1, 0.15) is 0 Å². The van der Waals surface area contributed by atoms with E-state index >= 15 is 0 Å². The molecule has 0 N–H and O–H groups in total. The first-order valence-electron chi connectivity index (χ1n) is 4.47. The van der Waals surface area contributed by atoms with Gasteiger partial charge in [-0.05, 0) is 25.0 Å². The quantitative estimate of drug-likeness (QED) is 0.630. The van der Waals surface area contributed by atoms with Crippen LogP contribution in [0.3, 0.4) is 0 Å². The lowest BCUT2D eigenvalue weighted by atomic mass is 10.1. The van der Waals surface area contributed by atoms with Gasteiger partial charge in [-0.2, -0.15) is 0 Å². The minimum Gasteiger partial charge on any atom is -0.316 e. The molecule has 1 radical (unpaired) electrons. The molecule has 0 unspecified atom stereocenters. The highest BCUT2D eigenvalue weighted by Crippen LogP contribution is 2.25. The third kappa shape index (κ3) is 1.78. The fourth-order valence-corrected chi connectivity index (χ4v) is 1.78. The number of hydrogen-bond donors (Lipinski definition) is 0. The Balaban J connectivity index is 2.13. The van der Waals surface area contributed by atoms with Crippen molar-refractivity contribution in [1.82, 2.24) is 4.90 Å². The van der Waals surface area contributed by atoms with Crippen molar-refractivity contribution in [2.24, 2.45) is 0 Å². The summed E-state index contributed by atoms with van der Waals surface area (Å²) in [4.78, 5) is 13.2. The SMILES string of the molecule is O=C1CCCN1C1=CC=C(Cl)C[CH]1. The first-order chi connectivity index (χ1) is 6.27. The molecule has 2 nitrogen and oxygen atoms in total. The average Bonchev–Trinajstić information content (AvgIpc) is 2.53. The summed E-state index contributed by atoms with van der Waals surface area (Å²) >= 11 is 5.81. The van der Waals surface area contributed by atoms with Crippen LogP contribution in [0.25, 0.3) is 0 Å². The normalized spacial score (nSPS) is 23.2. The number of rotatable bonds is 1. The number of amides is 1. The molecule has 1 fully saturated rings. The molecule has 1 amide bonds. The molecule has 0 aromatic rings. The summed E-state index contributed by atoms with van der Waals surface area (Å²) in [7, 11) is 0. The van der Waals surface area contributed by atoms with Crippen molar-refractivity contribution in [2.75, 3.05) is 6.54 Å². The van der Waals surface area contributed by atoms with Crippen molar-refractivity contribution in [3.8, 4) is 0 Å². The van der Waals surface area contributed by atoms with E-state index in [1.807, 2.05) is 23.5 Å². The van der Waals surface area contributed by atoms with Crippen LogP contribution in [0.2, 0.25) is 0 Å². The molecule has 3 heteroatoms. The lowest BCUT2D eigenvalue weighted by Crippen LogP contribution is -2.24.